The average Bonchev–Trinajstić information content (AvgIpc) is 3.23. The molecule has 0 unspecified atom stereocenters. The summed E-state index contributed by atoms with van der Waals surface area (Å²) in [5.41, 5.74) is 1.01. The normalized spacial score (nSPS) is 24.8. The highest BCUT2D eigenvalue weighted by Gasteiger charge is 2.42. The van der Waals surface area contributed by atoms with Gasteiger partial charge in [-0.2, -0.15) is 0 Å². The highest BCUT2D eigenvalue weighted by atomic mass is 16.2. The molecule has 120 valence electrons. The van der Waals surface area contributed by atoms with Crippen molar-refractivity contribution in [2.24, 2.45) is 11.8 Å². The summed E-state index contributed by atoms with van der Waals surface area (Å²) in [5, 5.41) is 0. The third-order valence-corrected chi connectivity index (χ3v) is 4.72. The van der Waals surface area contributed by atoms with Gasteiger partial charge in [-0.3, -0.25) is 4.79 Å². The SMILES string of the molecule is Cc1cc(N2CCN(C(=O)[C@@H]3C[C@H]3C)CC2)nc(C(C)C)n1. The predicted octanol–water partition coefficient (Wildman–Crippen LogP) is 2.21. The summed E-state index contributed by atoms with van der Waals surface area (Å²) in [6, 6.07) is 2.05. The van der Waals surface area contributed by atoms with Crippen molar-refractivity contribution in [3.8, 4) is 0 Å². The van der Waals surface area contributed by atoms with E-state index in [4.69, 9.17) is 4.98 Å². The molecule has 2 atom stereocenters. The van der Waals surface area contributed by atoms with Crippen LogP contribution in [-0.2, 0) is 4.79 Å². The summed E-state index contributed by atoms with van der Waals surface area (Å²) in [4.78, 5) is 25.8. The van der Waals surface area contributed by atoms with Gasteiger partial charge in [0.15, 0.2) is 0 Å². The second kappa shape index (κ2) is 5.86. The van der Waals surface area contributed by atoms with Crippen LogP contribution in [0.25, 0.3) is 0 Å². The summed E-state index contributed by atoms with van der Waals surface area (Å²) in [6.45, 7) is 11.8. The minimum atomic E-state index is 0.292. The molecule has 1 aliphatic heterocycles. The molecule has 1 saturated carbocycles. The number of carbonyl (C=O) groups is 1. The molecule has 1 amide bonds. The van der Waals surface area contributed by atoms with E-state index < -0.39 is 0 Å². The standard InChI is InChI=1S/C17H26N4O/c1-11(2)16-18-13(4)10-15(19-16)20-5-7-21(8-6-20)17(22)14-9-12(14)3/h10-12,14H,5-9H2,1-4H3/t12-,14-/m1/s1. The minimum absolute atomic E-state index is 0.292. The number of piperazine rings is 1. The Balaban J connectivity index is 1.65. The van der Waals surface area contributed by atoms with Crippen LogP contribution in [0.5, 0.6) is 0 Å². The number of rotatable bonds is 3. The number of amides is 1. The summed E-state index contributed by atoms with van der Waals surface area (Å²) in [5.74, 6) is 3.47. The van der Waals surface area contributed by atoms with Crippen molar-refractivity contribution in [1.82, 2.24) is 14.9 Å². The second-order valence-corrected chi connectivity index (χ2v) is 7.01. The number of aryl methyl sites for hydroxylation is 1. The van der Waals surface area contributed by atoms with E-state index >= 15 is 0 Å². The lowest BCUT2D eigenvalue weighted by Crippen LogP contribution is -2.49. The van der Waals surface area contributed by atoms with Gasteiger partial charge in [-0.25, -0.2) is 9.97 Å². The van der Waals surface area contributed by atoms with Crippen molar-refractivity contribution < 1.29 is 4.79 Å². The molecule has 0 N–H and O–H groups in total. The molecule has 0 aromatic carbocycles. The second-order valence-electron chi connectivity index (χ2n) is 7.01. The largest absolute Gasteiger partial charge is 0.353 e. The Kier molecular flexibility index (Phi) is 4.06. The van der Waals surface area contributed by atoms with Crippen LogP contribution in [0.3, 0.4) is 0 Å². The lowest BCUT2D eigenvalue weighted by molar-refractivity contribution is -0.133. The molecule has 1 saturated heterocycles. The fourth-order valence-electron chi connectivity index (χ4n) is 3.05. The molecule has 0 spiro atoms. The number of carbonyl (C=O) groups excluding carboxylic acids is 1. The zero-order valence-electron chi connectivity index (χ0n) is 14.0. The van der Waals surface area contributed by atoms with Crippen LogP contribution in [-0.4, -0.2) is 47.0 Å². The van der Waals surface area contributed by atoms with E-state index in [2.05, 4.69) is 30.7 Å². The molecule has 5 heteroatoms. The van der Waals surface area contributed by atoms with Crippen LogP contribution in [0.1, 0.15) is 44.6 Å². The van der Waals surface area contributed by atoms with Gasteiger partial charge in [0.2, 0.25) is 5.91 Å². The number of hydrogen-bond acceptors (Lipinski definition) is 4. The molecule has 2 aliphatic rings. The first-order valence-electron chi connectivity index (χ1n) is 8.35. The van der Waals surface area contributed by atoms with Crippen molar-refractivity contribution in [2.45, 2.75) is 40.0 Å². The molecule has 2 fully saturated rings. The topological polar surface area (TPSA) is 49.3 Å². The average molecular weight is 302 g/mol. The fourth-order valence-corrected chi connectivity index (χ4v) is 3.05. The third kappa shape index (κ3) is 3.08. The van der Waals surface area contributed by atoms with E-state index in [0.29, 0.717) is 23.7 Å². The highest BCUT2D eigenvalue weighted by molar-refractivity contribution is 5.81. The summed E-state index contributed by atoms with van der Waals surface area (Å²) in [6.07, 6.45) is 1.07. The molecule has 2 heterocycles. The van der Waals surface area contributed by atoms with Crippen molar-refractivity contribution in [1.29, 1.82) is 0 Å². The molecule has 5 nitrogen and oxygen atoms in total. The van der Waals surface area contributed by atoms with Gasteiger partial charge >= 0.3 is 0 Å². The first-order chi connectivity index (χ1) is 10.5. The van der Waals surface area contributed by atoms with Gasteiger partial charge < -0.3 is 9.80 Å². The Bertz CT molecular complexity index is 564. The molecular weight excluding hydrogens is 276 g/mol. The quantitative estimate of drug-likeness (QED) is 0.859. The van der Waals surface area contributed by atoms with E-state index in [-0.39, 0.29) is 0 Å². The van der Waals surface area contributed by atoms with Gasteiger partial charge in [0.25, 0.3) is 0 Å². The van der Waals surface area contributed by atoms with Gasteiger partial charge in [0.05, 0.1) is 0 Å². The van der Waals surface area contributed by atoms with Crippen LogP contribution in [0.4, 0.5) is 5.82 Å². The Morgan fingerprint density at radius 2 is 1.86 bits per heavy atom. The zero-order valence-corrected chi connectivity index (χ0v) is 14.0. The molecule has 1 aromatic rings. The molecule has 0 bridgehead atoms. The van der Waals surface area contributed by atoms with Crippen molar-refractivity contribution in [3.05, 3.63) is 17.6 Å². The van der Waals surface area contributed by atoms with Gasteiger partial charge in [-0.05, 0) is 19.3 Å². The molecule has 1 aliphatic carbocycles. The van der Waals surface area contributed by atoms with Gasteiger partial charge in [-0.1, -0.05) is 20.8 Å². The molecular formula is C17H26N4O. The predicted molar refractivity (Wildman–Crippen MR) is 86.9 cm³/mol. The number of nitrogens with zero attached hydrogens (tertiary/aromatic N) is 4. The fraction of sp³-hybridized carbons (Fsp3) is 0.706. The van der Waals surface area contributed by atoms with E-state index in [1.54, 1.807) is 0 Å². The maximum absolute atomic E-state index is 12.3. The Labute approximate surface area is 132 Å². The Morgan fingerprint density at radius 3 is 2.41 bits per heavy atom. The van der Waals surface area contributed by atoms with Crippen molar-refractivity contribution >= 4 is 11.7 Å². The maximum atomic E-state index is 12.3. The van der Waals surface area contributed by atoms with Crippen LogP contribution in [0.15, 0.2) is 6.07 Å². The number of hydrogen-bond donors (Lipinski definition) is 0. The lowest BCUT2D eigenvalue weighted by atomic mass is 10.2. The van der Waals surface area contributed by atoms with Gasteiger partial charge in [0.1, 0.15) is 11.6 Å². The minimum Gasteiger partial charge on any atom is -0.353 e. The third-order valence-electron chi connectivity index (χ3n) is 4.72. The summed E-state index contributed by atoms with van der Waals surface area (Å²) in [7, 11) is 0. The molecule has 1 aromatic heterocycles. The van der Waals surface area contributed by atoms with Crippen LogP contribution in [0, 0.1) is 18.8 Å². The zero-order chi connectivity index (χ0) is 15.9. The Hall–Kier alpha value is -1.65. The van der Waals surface area contributed by atoms with E-state index in [9.17, 15) is 4.79 Å². The van der Waals surface area contributed by atoms with Crippen molar-refractivity contribution in [3.63, 3.8) is 0 Å². The highest BCUT2D eigenvalue weighted by Crippen LogP contribution is 2.39. The van der Waals surface area contributed by atoms with E-state index in [1.165, 1.54) is 0 Å². The molecule has 22 heavy (non-hydrogen) atoms. The first kappa shape index (κ1) is 15.3. The molecule has 3 rings (SSSR count). The van der Waals surface area contributed by atoms with Crippen LogP contribution < -0.4 is 4.90 Å². The lowest BCUT2D eigenvalue weighted by Gasteiger charge is -2.35. The van der Waals surface area contributed by atoms with Crippen molar-refractivity contribution in [2.75, 3.05) is 31.1 Å². The Morgan fingerprint density at radius 1 is 1.23 bits per heavy atom. The summed E-state index contributed by atoms with van der Waals surface area (Å²) < 4.78 is 0. The smallest absolute Gasteiger partial charge is 0.226 e. The number of aromatic nitrogens is 2. The van der Waals surface area contributed by atoms with Crippen LogP contribution >= 0.6 is 0 Å². The summed E-state index contributed by atoms with van der Waals surface area (Å²) >= 11 is 0. The van der Waals surface area contributed by atoms with Crippen LogP contribution in [0.2, 0.25) is 0 Å². The molecule has 0 radical (unpaired) electrons. The van der Waals surface area contributed by atoms with Gasteiger partial charge in [-0.15, -0.1) is 0 Å². The monoisotopic (exact) mass is 302 g/mol. The maximum Gasteiger partial charge on any atom is 0.226 e. The first-order valence-corrected chi connectivity index (χ1v) is 8.35. The van der Waals surface area contributed by atoms with Gasteiger partial charge in [0, 0.05) is 49.8 Å². The number of anilines is 1. The van der Waals surface area contributed by atoms with E-state index in [1.807, 2.05) is 17.9 Å². The van der Waals surface area contributed by atoms with E-state index in [0.717, 1.165) is 49.9 Å².